The van der Waals surface area contributed by atoms with Gasteiger partial charge in [-0.3, -0.25) is 0 Å². The van der Waals surface area contributed by atoms with Crippen LogP contribution in [0, 0.1) is 16.7 Å². The number of rotatable bonds is 1. The molecule has 126 valence electrons. The number of aliphatic hydroxyl groups excluding tert-OH is 1. The van der Waals surface area contributed by atoms with Crippen molar-refractivity contribution in [1.82, 2.24) is 0 Å². The Balaban J connectivity index is 1.70. The molecule has 2 saturated carbocycles. The summed E-state index contributed by atoms with van der Waals surface area (Å²) in [6.07, 6.45) is -1.29. The van der Waals surface area contributed by atoms with Gasteiger partial charge in [0.05, 0.1) is 22.0 Å². The molecule has 4 aliphatic heterocycles. The predicted octanol–water partition coefficient (Wildman–Crippen LogP) is 0.735. The molecule has 6 aliphatic rings. The third kappa shape index (κ3) is 0.930. The van der Waals surface area contributed by atoms with Crippen LogP contribution in [0.25, 0.3) is 0 Å². The Morgan fingerprint density at radius 2 is 2.09 bits per heavy atom. The first-order chi connectivity index (χ1) is 10.7. The molecule has 10 atom stereocenters. The number of carbonyl (C=O) groups is 1. The Morgan fingerprint density at radius 1 is 1.35 bits per heavy atom. The summed E-state index contributed by atoms with van der Waals surface area (Å²) in [6.45, 7) is 6.16. The molecule has 6 fully saturated rings. The van der Waals surface area contributed by atoms with Crippen molar-refractivity contribution in [3.05, 3.63) is 0 Å². The van der Waals surface area contributed by atoms with Crippen molar-refractivity contribution in [2.75, 3.05) is 5.33 Å². The average Bonchev–Trinajstić information content (AvgIpc) is 2.96. The van der Waals surface area contributed by atoms with Crippen LogP contribution in [-0.4, -0.2) is 57.8 Å². The van der Waals surface area contributed by atoms with Crippen molar-refractivity contribution < 1.29 is 28.8 Å². The molecule has 4 bridgehead atoms. The third-order valence-corrected chi connectivity index (χ3v) is 9.30. The summed E-state index contributed by atoms with van der Waals surface area (Å²) >= 11 is 3.60. The molecule has 7 heteroatoms. The van der Waals surface area contributed by atoms with E-state index < -0.39 is 40.0 Å². The summed E-state index contributed by atoms with van der Waals surface area (Å²) < 4.78 is 24.4. The molecule has 2 spiro atoms. The summed E-state index contributed by atoms with van der Waals surface area (Å²) in [5.41, 5.74) is -3.28. The predicted molar refractivity (Wildman–Crippen MR) is 78.7 cm³/mol. The lowest BCUT2D eigenvalue weighted by atomic mass is 9.48. The van der Waals surface area contributed by atoms with E-state index in [0.29, 0.717) is 11.8 Å². The minimum atomic E-state index is -0.922. The molecule has 0 aromatic carbocycles. The minimum absolute atomic E-state index is 0.0390. The number of hydrogen-bond donors (Lipinski definition) is 1. The van der Waals surface area contributed by atoms with Crippen LogP contribution in [0.2, 0.25) is 0 Å². The van der Waals surface area contributed by atoms with Gasteiger partial charge in [-0.15, -0.1) is 0 Å². The highest BCUT2D eigenvalue weighted by atomic mass is 79.9. The number of alkyl halides is 1. The third-order valence-electron chi connectivity index (χ3n) is 8.19. The quantitative estimate of drug-likeness (QED) is 0.406. The first kappa shape index (κ1) is 14.0. The fourth-order valence-corrected chi connectivity index (χ4v) is 7.77. The highest BCUT2D eigenvalue weighted by Gasteiger charge is 3.00. The number of aliphatic hydroxyl groups is 1. The van der Waals surface area contributed by atoms with Gasteiger partial charge in [-0.2, -0.15) is 0 Å². The van der Waals surface area contributed by atoms with Gasteiger partial charge >= 0.3 is 5.97 Å². The maximum atomic E-state index is 12.6. The first-order valence-corrected chi connectivity index (χ1v) is 9.34. The first-order valence-electron chi connectivity index (χ1n) is 8.21. The van der Waals surface area contributed by atoms with E-state index in [1.807, 2.05) is 6.92 Å². The number of esters is 1. The summed E-state index contributed by atoms with van der Waals surface area (Å²) in [7, 11) is 0. The molecule has 0 amide bonds. The fraction of sp³-hybridized carbons (Fsp3) is 0.938. The van der Waals surface area contributed by atoms with Crippen LogP contribution in [-0.2, 0) is 23.7 Å². The number of halogens is 1. The summed E-state index contributed by atoms with van der Waals surface area (Å²) in [5.74, 6) is -0.321. The largest absolute Gasteiger partial charge is 0.457 e. The zero-order chi connectivity index (χ0) is 16.2. The SMILES string of the molecule is CC1(CBr)OC23C[C@H]4O[C@]45C(=O)OC(C4O[C@@H](O)C2(C)C41)C35C. The average molecular weight is 387 g/mol. The molecule has 0 aromatic rings. The number of ether oxygens (including phenoxy) is 4. The standard InChI is InChI=1S/C16H19BrO6/c1-12(5-17)8-7-9-14(3)15(23-12,13(8,2)10(18)20-7)4-6-16(14,22-6)11(19)21-9/h6-10,18H,4-5H2,1-3H3/t6-,7?,8?,9?,10-,12?,13?,14?,15?,16+/m1/s1. The molecule has 0 radical (unpaired) electrons. The number of carbonyl (C=O) groups excluding carboxylic acids is 1. The lowest BCUT2D eigenvalue weighted by Crippen LogP contribution is -2.67. The van der Waals surface area contributed by atoms with Crippen LogP contribution in [0.4, 0.5) is 0 Å². The van der Waals surface area contributed by atoms with Gasteiger partial charge in [0.2, 0.25) is 5.60 Å². The fourth-order valence-electron chi connectivity index (χ4n) is 7.31. The van der Waals surface area contributed by atoms with Crippen LogP contribution in [0.1, 0.15) is 27.2 Å². The minimum Gasteiger partial charge on any atom is -0.457 e. The molecule has 0 aromatic heterocycles. The second kappa shape index (κ2) is 3.26. The Labute approximate surface area is 141 Å². The lowest BCUT2D eigenvalue weighted by Gasteiger charge is -2.54. The van der Waals surface area contributed by atoms with E-state index in [-0.39, 0.29) is 24.1 Å². The van der Waals surface area contributed by atoms with E-state index in [1.165, 1.54) is 0 Å². The summed E-state index contributed by atoms with van der Waals surface area (Å²) in [5, 5.41) is 11.5. The van der Waals surface area contributed by atoms with Gasteiger partial charge in [0.15, 0.2) is 6.29 Å². The molecule has 4 heterocycles. The molecular weight excluding hydrogens is 368 g/mol. The van der Waals surface area contributed by atoms with Gasteiger partial charge in [0.1, 0.15) is 18.3 Å². The highest BCUT2D eigenvalue weighted by Crippen LogP contribution is 2.84. The van der Waals surface area contributed by atoms with Gasteiger partial charge in [0, 0.05) is 17.7 Å². The van der Waals surface area contributed by atoms with Gasteiger partial charge < -0.3 is 24.1 Å². The molecule has 6 rings (SSSR count). The van der Waals surface area contributed by atoms with E-state index in [1.54, 1.807) is 0 Å². The lowest BCUT2D eigenvalue weighted by molar-refractivity contribution is -0.230. The van der Waals surface area contributed by atoms with E-state index in [9.17, 15) is 9.90 Å². The maximum absolute atomic E-state index is 12.6. The van der Waals surface area contributed by atoms with Gasteiger partial charge in [-0.1, -0.05) is 22.9 Å². The Hall–Kier alpha value is -0.210. The van der Waals surface area contributed by atoms with Crippen LogP contribution < -0.4 is 0 Å². The van der Waals surface area contributed by atoms with Crippen molar-refractivity contribution in [3.8, 4) is 0 Å². The molecule has 7 unspecified atom stereocenters. The highest BCUT2D eigenvalue weighted by molar-refractivity contribution is 9.09. The van der Waals surface area contributed by atoms with Gasteiger partial charge in [0.25, 0.3) is 0 Å². The van der Waals surface area contributed by atoms with Crippen molar-refractivity contribution in [3.63, 3.8) is 0 Å². The molecule has 23 heavy (non-hydrogen) atoms. The zero-order valence-electron chi connectivity index (χ0n) is 13.2. The van der Waals surface area contributed by atoms with Crippen molar-refractivity contribution in [1.29, 1.82) is 0 Å². The normalized spacial score (nSPS) is 72.9. The number of hydrogen-bond acceptors (Lipinski definition) is 6. The van der Waals surface area contributed by atoms with Crippen LogP contribution in [0.15, 0.2) is 0 Å². The molecule has 4 saturated heterocycles. The molecule has 1 N–H and O–H groups in total. The zero-order valence-corrected chi connectivity index (χ0v) is 14.8. The summed E-state index contributed by atoms with van der Waals surface area (Å²) in [4.78, 5) is 12.6. The molecule has 6 nitrogen and oxygen atoms in total. The Morgan fingerprint density at radius 3 is 2.78 bits per heavy atom. The van der Waals surface area contributed by atoms with Crippen LogP contribution in [0.3, 0.4) is 0 Å². The molecular formula is C16H19BrO6. The van der Waals surface area contributed by atoms with Crippen LogP contribution >= 0.6 is 15.9 Å². The summed E-state index contributed by atoms with van der Waals surface area (Å²) in [6, 6.07) is 0. The van der Waals surface area contributed by atoms with E-state index in [0.717, 1.165) is 0 Å². The second-order valence-electron chi connectivity index (χ2n) is 8.66. The second-order valence-corrected chi connectivity index (χ2v) is 9.22. The van der Waals surface area contributed by atoms with Crippen LogP contribution in [0.5, 0.6) is 0 Å². The van der Waals surface area contributed by atoms with Crippen molar-refractivity contribution in [2.45, 2.75) is 68.6 Å². The molecule has 2 aliphatic carbocycles. The van der Waals surface area contributed by atoms with Crippen molar-refractivity contribution >= 4 is 21.9 Å². The topological polar surface area (TPSA) is 77.5 Å². The Kier molecular flexibility index (Phi) is 1.98. The number of fused-ring (bicyclic) bond motifs is 1. The van der Waals surface area contributed by atoms with Gasteiger partial charge in [-0.25, -0.2) is 4.79 Å². The smallest absolute Gasteiger partial charge is 0.342 e. The van der Waals surface area contributed by atoms with E-state index >= 15 is 0 Å². The van der Waals surface area contributed by atoms with E-state index in [4.69, 9.17) is 18.9 Å². The van der Waals surface area contributed by atoms with E-state index in [2.05, 4.69) is 29.8 Å². The monoisotopic (exact) mass is 386 g/mol. The van der Waals surface area contributed by atoms with Crippen molar-refractivity contribution in [2.24, 2.45) is 16.7 Å². The number of epoxide rings is 1. The van der Waals surface area contributed by atoms with Gasteiger partial charge in [-0.05, 0) is 13.8 Å². The Bertz CT molecular complexity index is 685. The maximum Gasteiger partial charge on any atom is 0.342 e.